The number of alkyl halides is 3. The highest BCUT2D eigenvalue weighted by atomic mass is 19.4. The van der Waals surface area contributed by atoms with Crippen LogP contribution in [0.4, 0.5) is 13.2 Å². The Morgan fingerprint density at radius 1 is 1.21 bits per heavy atom. The second-order valence-electron chi connectivity index (χ2n) is 5.25. The van der Waals surface area contributed by atoms with E-state index in [-0.39, 0.29) is 6.04 Å². The third kappa shape index (κ3) is 10.2. The van der Waals surface area contributed by atoms with E-state index >= 15 is 0 Å². The molecule has 0 bridgehead atoms. The molecule has 19 heavy (non-hydrogen) atoms. The number of halogens is 3. The fourth-order valence-electron chi connectivity index (χ4n) is 1.93. The van der Waals surface area contributed by atoms with Gasteiger partial charge in [0.25, 0.3) is 0 Å². The Bertz CT molecular complexity index is 222. The Morgan fingerprint density at radius 2 is 1.84 bits per heavy atom. The summed E-state index contributed by atoms with van der Waals surface area (Å²) in [5.74, 6) is 0.477. The minimum absolute atomic E-state index is 0.245. The normalized spacial score (nSPS) is 14.4. The van der Waals surface area contributed by atoms with Gasteiger partial charge < -0.3 is 10.1 Å². The maximum Gasteiger partial charge on any atom is 0.401 e. The van der Waals surface area contributed by atoms with Crippen molar-refractivity contribution in [3.63, 3.8) is 0 Å². The minimum atomic E-state index is -4.17. The molecule has 0 aliphatic carbocycles. The van der Waals surface area contributed by atoms with Crippen molar-refractivity contribution >= 4 is 0 Å². The van der Waals surface area contributed by atoms with E-state index in [0.29, 0.717) is 32.0 Å². The van der Waals surface area contributed by atoms with E-state index in [1.54, 1.807) is 0 Å². The topological polar surface area (TPSA) is 24.5 Å². The Kier molecular flexibility index (Phi) is 9.39. The maximum absolute atomic E-state index is 12.6. The number of rotatable bonds is 10. The molecule has 0 aromatic rings. The highest BCUT2D eigenvalue weighted by Crippen LogP contribution is 2.18. The Morgan fingerprint density at radius 3 is 2.26 bits per heavy atom. The molecule has 0 fully saturated rings. The first kappa shape index (κ1) is 18.7. The van der Waals surface area contributed by atoms with Crippen LogP contribution in [0.1, 0.15) is 27.2 Å². The summed E-state index contributed by atoms with van der Waals surface area (Å²) >= 11 is 0. The molecule has 0 aliphatic rings. The first-order valence-electron chi connectivity index (χ1n) is 6.80. The second kappa shape index (κ2) is 9.55. The Hall–Kier alpha value is -0.330. The first-order chi connectivity index (χ1) is 8.80. The summed E-state index contributed by atoms with van der Waals surface area (Å²) in [6.45, 7) is 7.19. The maximum atomic E-state index is 12.6. The third-order valence-corrected chi connectivity index (χ3v) is 2.70. The van der Waals surface area contributed by atoms with Gasteiger partial charge in [0, 0.05) is 19.7 Å². The highest BCUT2D eigenvalue weighted by molar-refractivity contribution is 4.76. The van der Waals surface area contributed by atoms with Crippen molar-refractivity contribution < 1.29 is 17.9 Å². The van der Waals surface area contributed by atoms with Crippen LogP contribution in [0.15, 0.2) is 0 Å². The van der Waals surface area contributed by atoms with E-state index in [9.17, 15) is 13.2 Å². The molecule has 0 radical (unpaired) electrons. The summed E-state index contributed by atoms with van der Waals surface area (Å²) in [5.41, 5.74) is 0. The highest BCUT2D eigenvalue weighted by Gasteiger charge is 2.33. The van der Waals surface area contributed by atoms with E-state index in [1.807, 2.05) is 6.92 Å². The van der Waals surface area contributed by atoms with Gasteiger partial charge in [-0.3, -0.25) is 4.90 Å². The first-order valence-corrected chi connectivity index (χ1v) is 6.80. The van der Waals surface area contributed by atoms with E-state index < -0.39 is 12.7 Å². The number of nitrogens with one attached hydrogen (secondary N) is 1. The molecule has 0 saturated heterocycles. The van der Waals surface area contributed by atoms with Crippen LogP contribution in [0, 0.1) is 5.92 Å². The smallest absolute Gasteiger partial charge is 0.383 e. The average Bonchev–Trinajstić information content (AvgIpc) is 2.25. The molecule has 0 rings (SSSR count). The van der Waals surface area contributed by atoms with Crippen LogP contribution in [-0.2, 0) is 4.74 Å². The van der Waals surface area contributed by atoms with Crippen LogP contribution >= 0.6 is 0 Å². The Labute approximate surface area is 114 Å². The summed E-state index contributed by atoms with van der Waals surface area (Å²) in [6, 6.07) is -0.245. The molecule has 0 aliphatic heterocycles. The number of hydrogen-bond acceptors (Lipinski definition) is 3. The molecule has 0 heterocycles. The van der Waals surface area contributed by atoms with E-state index in [0.717, 1.165) is 6.54 Å². The van der Waals surface area contributed by atoms with Crippen molar-refractivity contribution in [2.24, 2.45) is 5.92 Å². The van der Waals surface area contributed by atoms with E-state index in [4.69, 9.17) is 4.74 Å². The van der Waals surface area contributed by atoms with Crippen molar-refractivity contribution in [1.29, 1.82) is 0 Å². The predicted molar refractivity (Wildman–Crippen MR) is 71.3 cm³/mol. The summed E-state index contributed by atoms with van der Waals surface area (Å²) < 4.78 is 42.8. The second-order valence-corrected chi connectivity index (χ2v) is 5.25. The van der Waals surface area contributed by atoms with Gasteiger partial charge in [0.15, 0.2) is 0 Å². The zero-order chi connectivity index (χ0) is 14.9. The van der Waals surface area contributed by atoms with Crippen LogP contribution in [-0.4, -0.2) is 57.0 Å². The summed E-state index contributed by atoms with van der Waals surface area (Å²) in [6.07, 6.45) is -3.47. The lowest BCUT2D eigenvalue weighted by Gasteiger charge is -2.32. The number of ether oxygens (including phenoxy) is 1. The minimum Gasteiger partial charge on any atom is -0.383 e. The van der Waals surface area contributed by atoms with Gasteiger partial charge in [-0.2, -0.15) is 13.2 Å². The molecule has 6 heteroatoms. The molecule has 0 aromatic heterocycles. The van der Waals surface area contributed by atoms with Gasteiger partial charge in [0.1, 0.15) is 0 Å². The molecule has 0 saturated carbocycles. The average molecular weight is 284 g/mol. The van der Waals surface area contributed by atoms with Gasteiger partial charge in [-0.1, -0.05) is 20.8 Å². The SMILES string of the molecule is CCCN(CC(F)(F)F)C(CNCC(C)C)COC. The quantitative estimate of drug-likeness (QED) is 0.667. The Balaban J connectivity index is 4.47. The summed E-state index contributed by atoms with van der Waals surface area (Å²) in [7, 11) is 1.52. The molecule has 0 aromatic carbocycles. The zero-order valence-electron chi connectivity index (χ0n) is 12.4. The molecule has 0 amide bonds. The largest absolute Gasteiger partial charge is 0.401 e. The molecular weight excluding hydrogens is 257 g/mol. The van der Waals surface area contributed by atoms with Crippen LogP contribution in [0.25, 0.3) is 0 Å². The molecule has 3 nitrogen and oxygen atoms in total. The monoisotopic (exact) mass is 284 g/mol. The molecular formula is C13H27F3N2O. The fourth-order valence-corrected chi connectivity index (χ4v) is 1.93. The zero-order valence-corrected chi connectivity index (χ0v) is 12.4. The molecule has 1 atom stereocenters. The summed E-state index contributed by atoms with van der Waals surface area (Å²) in [4.78, 5) is 1.46. The molecule has 1 unspecified atom stereocenters. The molecule has 0 spiro atoms. The van der Waals surface area contributed by atoms with Gasteiger partial charge >= 0.3 is 6.18 Å². The fraction of sp³-hybridized carbons (Fsp3) is 1.00. The van der Waals surface area contributed by atoms with Crippen molar-refractivity contribution in [3.8, 4) is 0 Å². The van der Waals surface area contributed by atoms with Crippen molar-refractivity contribution in [1.82, 2.24) is 10.2 Å². The van der Waals surface area contributed by atoms with Crippen molar-refractivity contribution in [2.75, 3.05) is 39.9 Å². The predicted octanol–water partition coefficient (Wildman–Crippen LogP) is 2.52. The number of methoxy groups -OCH3 is 1. The van der Waals surface area contributed by atoms with Crippen molar-refractivity contribution in [2.45, 2.75) is 39.4 Å². The van der Waals surface area contributed by atoms with Gasteiger partial charge in [0.2, 0.25) is 0 Å². The lowest BCUT2D eigenvalue weighted by molar-refractivity contribution is -0.152. The van der Waals surface area contributed by atoms with E-state index in [1.165, 1.54) is 12.0 Å². The van der Waals surface area contributed by atoms with Crippen LogP contribution in [0.5, 0.6) is 0 Å². The molecule has 116 valence electrons. The standard InChI is InChI=1S/C13H27F3N2O/c1-5-6-18(10-13(14,15)16)12(9-19-4)8-17-7-11(2)3/h11-12,17H,5-10H2,1-4H3. The molecule has 1 N–H and O–H groups in total. The van der Waals surface area contributed by atoms with Crippen LogP contribution in [0.2, 0.25) is 0 Å². The summed E-state index contributed by atoms with van der Waals surface area (Å²) in [5, 5.41) is 3.21. The van der Waals surface area contributed by atoms with Gasteiger partial charge in [0.05, 0.1) is 13.2 Å². The third-order valence-electron chi connectivity index (χ3n) is 2.70. The van der Waals surface area contributed by atoms with Crippen LogP contribution < -0.4 is 5.32 Å². The van der Waals surface area contributed by atoms with Gasteiger partial charge in [-0.05, 0) is 25.4 Å². The van der Waals surface area contributed by atoms with Gasteiger partial charge in [-0.25, -0.2) is 0 Å². The van der Waals surface area contributed by atoms with Gasteiger partial charge in [-0.15, -0.1) is 0 Å². The number of hydrogen-bond donors (Lipinski definition) is 1. The van der Waals surface area contributed by atoms with Crippen LogP contribution in [0.3, 0.4) is 0 Å². The lowest BCUT2D eigenvalue weighted by atomic mass is 10.2. The van der Waals surface area contributed by atoms with E-state index in [2.05, 4.69) is 19.2 Å². The number of nitrogens with zero attached hydrogens (tertiary/aromatic N) is 1. The lowest BCUT2D eigenvalue weighted by Crippen LogP contribution is -2.49. The van der Waals surface area contributed by atoms with Crippen molar-refractivity contribution in [3.05, 3.63) is 0 Å².